The number of nitrogens with one attached hydrogen (secondary N) is 3. The predicted octanol–water partition coefficient (Wildman–Crippen LogP) is 0.611. The Morgan fingerprint density at radius 2 is 1.95 bits per heavy atom. The van der Waals surface area contributed by atoms with Gasteiger partial charge >= 0.3 is 0 Å². The van der Waals surface area contributed by atoms with Gasteiger partial charge in [-0.05, 0) is 37.6 Å². The number of Topliss-reactive ketones (excluding diaryl/α,β-unsaturated/α-hetero) is 1. The largest absolute Gasteiger partial charge is 0.325 e. The Morgan fingerprint density at radius 1 is 1.26 bits per heavy atom. The van der Waals surface area contributed by atoms with Crippen LogP contribution >= 0.6 is 0 Å². The predicted molar refractivity (Wildman–Crippen MR) is 69.4 cm³/mol. The molecular weight excluding hydrogens is 246 g/mol. The molecule has 19 heavy (non-hydrogen) atoms. The average molecular weight is 261 g/mol. The summed E-state index contributed by atoms with van der Waals surface area (Å²) < 4.78 is 0. The quantitative estimate of drug-likeness (QED) is 0.696. The summed E-state index contributed by atoms with van der Waals surface area (Å²) in [7, 11) is 0. The van der Waals surface area contributed by atoms with E-state index in [-0.39, 0.29) is 17.6 Å². The highest BCUT2D eigenvalue weighted by molar-refractivity contribution is 5.97. The zero-order valence-electron chi connectivity index (χ0n) is 10.5. The normalized spacial score (nSPS) is 18.6. The molecule has 1 aliphatic heterocycles. The molecule has 1 aromatic rings. The van der Waals surface area contributed by atoms with Gasteiger partial charge in [0.25, 0.3) is 0 Å². The molecule has 100 valence electrons. The minimum absolute atomic E-state index is 0.0189. The van der Waals surface area contributed by atoms with Crippen LogP contribution in [0.15, 0.2) is 24.3 Å². The summed E-state index contributed by atoms with van der Waals surface area (Å²) in [5.74, 6) is -0.347. The second kappa shape index (κ2) is 5.62. The van der Waals surface area contributed by atoms with Crippen molar-refractivity contribution >= 4 is 23.3 Å². The Balaban J connectivity index is 1.95. The van der Waals surface area contributed by atoms with Crippen molar-refractivity contribution in [3.05, 3.63) is 29.8 Å². The molecule has 1 unspecified atom stereocenters. The number of hydrazine groups is 1. The molecule has 0 saturated carbocycles. The fraction of sp³-hybridized carbons (Fsp3) is 0.308. The van der Waals surface area contributed by atoms with E-state index in [1.807, 2.05) is 0 Å². The third kappa shape index (κ3) is 3.38. The van der Waals surface area contributed by atoms with Crippen molar-refractivity contribution in [1.29, 1.82) is 0 Å². The molecule has 2 rings (SSSR count). The lowest BCUT2D eigenvalue weighted by molar-refractivity contribution is -0.126. The van der Waals surface area contributed by atoms with E-state index in [4.69, 9.17) is 0 Å². The highest BCUT2D eigenvalue weighted by atomic mass is 16.2. The monoisotopic (exact) mass is 261 g/mol. The molecule has 3 N–H and O–H groups in total. The van der Waals surface area contributed by atoms with Crippen LogP contribution in [0.1, 0.15) is 30.1 Å². The number of carbonyl (C=O) groups excluding carboxylic acids is 3. The maximum absolute atomic E-state index is 11.9. The van der Waals surface area contributed by atoms with Crippen LogP contribution in [0.2, 0.25) is 0 Å². The summed E-state index contributed by atoms with van der Waals surface area (Å²) in [5.41, 5.74) is 6.30. The van der Waals surface area contributed by atoms with Crippen molar-refractivity contribution in [1.82, 2.24) is 10.9 Å². The first-order valence-electron chi connectivity index (χ1n) is 6.02. The van der Waals surface area contributed by atoms with E-state index in [1.54, 1.807) is 24.3 Å². The van der Waals surface area contributed by atoms with E-state index >= 15 is 0 Å². The lowest BCUT2D eigenvalue weighted by atomic mass is 10.1. The van der Waals surface area contributed by atoms with Gasteiger partial charge in [-0.15, -0.1) is 0 Å². The zero-order valence-corrected chi connectivity index (χ0v) is 10.5. The van der Waals surface area contributed by atoms with Gasteiger partial charge in [-0.3, -0.25) is 19.8 Å². The molecule has 6 nitrogen and oxygen atoms in total. The molecule has 0 aromatic heterocycles. The van der Waals surface area contributed by atoms with Crippen LogP contribution in [-0.2, 0) is 9.59 Å². The summed E-state index contributed by atoms with van der Waals surface area (Å²) >= 11 is 0. The Morgan fingerprint density at radius 3 is 2.47 bits per heavy atom. The van der Waals surface area contributed by atoms with Gasteiger partial charge in [0.1, 0.15) is 6.04 Å². The standard InChI is InChI=1S/C13H15N3O3/c1-8(17)9-2-4-10(5-3-9)14-13(19)11-6-7-12(18)16-15-11/h2-5,11,15H,6-7H2,1H3,(H,14,19)(H,16,18). The zero-order chi connectivity index (χ0) is 13.8. The minimum atomic E-state index is -0.440. The number of carbonyl (C=O) groups is 3. The summed E-state index contributed by atoms with van der Waals surface area (Å²) in [6, 6.07) is 6.24. The fourth-order valence-electron chi connectivity index (χ4n) is 1.79. The van der Waals surface area contributed by atoms with Crippen LogP contribution in [0.3, 0.4) is 0 Å². The highest BCUT2D eigenvalue weighted by Gasteiger charge is 2.23. The first-order chi connectivity index (χ1) is 9.06. The Labute approximate surface area is 110 Å². The molecule has 1 aromatic carbocycles. The topological polar surface area (TPSA) is 87.3 Å². The van der Waals surface area contributed by atoms with Crippen LogP contribution in [0.4, 0.5) is 5.69 Å². The molecule has 6 heteroatoms. The third-order valence-corrected chi connectivity index (χ3v) is 2.92. The van der Waals surface area contributed by atoms with E-state index in [9.17, 15) is 14.4 Å². The lowest BCUT2D eigenvalue weighted by Gasteiger charge is -2.22. The van der Waals surface area contributed by atoms with Gasteiger partial charge in [0.2, 0.25) is 11.8 Å². The molecule has 1 aliphatic rings. The number of hydrogen-bond acceptors (Lipinski definition) is 4. The van der Waals surface area contributed by atoms with E-state index in [2.05, 4.69) is 16.2 Å². The first-order valence-corrected chi connectivity index (χ1v) is 6.02. The van der Waals surface area contributed by atoms with Gasteiger partial charge in [0.15, 0.2) is 5.78 Å². The van der Waals surface area contributed by atoms with Gasteiger partial charge in [0.05, 0.1) is 0 Å². The summed E-state index contributed by atoms with van der Waals surface area (Å²) in [6.07, 6.45) is 0.789. The van der Waals surface area contributed by atoms with Gasteiger partial charge in [-0.2, -0.15) is 0 Å². The van der Waals surface area contributed by atoms with Gasteiger partial charge in [-0.25, -0.2) is 5.43 Å². The summed E-state index contributed by atoms with van der Waals surface area (Å²) in [5, 5.41) is 2.73. The smallest absolute Gasteiger partial charge is 0.243 e. The van der Waals surface area contributed by atoms with Crippen molar-refractivity contribution in [2.75, 3.05) is 5.32 Å². The van der Waals surface area contributed by atoms with Crippen LogP contribution in [0, 0.1) is 0 Å². The number of benzene rings is 1. The van der Waals surface area contributed by atoms with Crippen molar-refractivity contribution in [2.45, 2.75) is 25.8 Å². The number of amides is 2. The van der Waals surface area contributed by atoms with Crippen molar-refractivity contribution in [3.63, 3.8) is 0 Å². The third-order valence-electron chi connectivity index (χ3n) is 2.92. The Hall–Kier alpha value is -2.21. The SMILES string of the molecule is CC(=O)c1ccc(NC(=O)C2CCC(=O)NN2)cc1. The van der Waals surface area contributed by atoms with Crippen molar-refractivity contribution in [2.24, 2.45) is 0 Å². The van der Waals surface area contributed by atoms with Gasteiger partial charge in [0, 0.05) is 17.7 Å². The minimum Gasteiger partial charge on any atom is -0.325 e. The molecule has 1 saturated heterocycles. The molecule has 1 fully saturated rings. The summed E-state index contributed by atoms with van der Waals surface area (Å²) in [6.45, 7) is 1.49. The Bertz CT molecular complexity index is 500. The number of ketones is 1. The second-order valence-corrected chi connectivity index (χ2v) is 4.41. The van der Waals surface area contributed by atoms with E-state index in [0.717, 1.165) is 0 Å². The molecule has 0 radical (unpaired) electrons. The molecule has 0 spiro atoms. The molecule has 2 amide bonds. The van der Waals surface area contributed by atoms with E-state index in [1.165, 1.54) is 6.92 Å². The van der Waals surface area contributed by atoms with E-state index < -0.39 is 6.04 Å². The summed E-state index contributed by atoms with van der Waals surface area (Å²) in [4.78, 5) is 34.0. The van der Waals surface area contributed by atoms with Crippen LogP contribution in [0.5, 0.6) is 0 Å². The van der Waals surface area contributed by atoms with Crippen molar-refractivity contribution in [3.8, 4) is 0 Å². The lowest BCUT2D eigenvalue weighted by Crippen LogP contribution is -2.54. The molecule has 1 heterocycles. The highest BCUT2D eigenvalue weighted by Crippen LogP contribution is 2.11. The molecule has 1 atom stereocenters. The average Bonchev–Trinajstić information content (AvgIpc) is 2.40. The number of hydrogen-bond donors (Lipinski definition) is 3. The van der Waals surface area contributed by atoms with Crippen molar-refractivity contribution < 1.29 is 14.4 Å². The maximum atomic E-state index is 11.9. The molecule has 0 bridgehead atoms. The van der Waals surface area contributed by atoms with Crippen LogP contribution in [-0.4, -0.2) is 23.6 Å². The van der Waals surface area contributed by atoms with E-state index in [0.29, 0.717) is 24.1 Å². The Kier molecular flexibility index (Phi) is 3.91. The number of anilines is 1. The van der Waals surface area contributed by atoms with Gasteiger partial charge < -0.3 is 5.32 Å². The fourth-order valence-corrected chi connectivity index (χ4v) is 1.79. The molecule has 0 aliphatic carbocycles. The van der Waals surface area contributed by atoms with Crippen LogP contribution in [0.25, 0.3) is 0 Å². The number of rotatable bonds is 3. The first kappa shape index (κ1) is 13.2. The van der Waals surface area contributed by atoms with Crippen LogP contribution < -0.4 is 16.2 Å². The molecular formula is C13H15N3O3. The van der Waals surface area contributed by atoms with Gasteiger partial charge in [-0.1, -0.05) is 0 Å². The maximum Gasteiger partial charge on any atom is 0.243 e. The second-order valence-electron chi connectivity index (χ2n) is 4.41.